The zero-order chi connectivity index (χ0) is 16.6. The molecule has 1 aliphatic carbocycles. The molecule has 0 saturated carbocycles. The third-order valence-corrected chi connectivity index (χ3v) is 6.27. The van der Waals surface area contributed by atoms with Crippen molar-refractivity contribution in [2.75, 3.05) is 0 Å². The van der Waals surface area contributed by atoms with E-state index in [9.17, 15) is 8.42 Å². The molecule has 23 heavy (non-hydrogen) atoms. The average molecular weight is 333 g/mol. The Morgan fingerprint density at radius 2 is 2.04 bits per heavy atom. The van der Waals surface area contributed by atoms with Gasteiger partial charge >= 0.3 is 0 Å². The summed E-state index contributed by atoms with van der Waals surface area (Å²) >= 11 is 0. The summed E-state index contributed by atoms with van der Waals surface area (Å²) in [7, 11) is -3.59. The fraction of sp³-hybridized carbons (Fsp3) is 0.471. The number of aryl methyl sites for hydroxylation is 3. The summed E-state index contributed by atoms with van der Waals surface area (Å²) in [6.07, 6.45) is 2.84. The normalized spacial score (nSPS) is 18.0. The molecule has 5 nitrogen and oxygen atoms in total. The summed E-state index contributed by atoms with van der Waals surface area (Å²) in [4.78, 5) is 0.322. The summed E-state index contributed by atoms with van der Waals surface area (Å²) in [6.45, 7) is 6.19. The molecule has 0 unspecified atom stereocenters. The highest BCUT2D eigenvalue weighted by Crippen LogP contribution is 2.31. The Bertz CT molecular complexity index is 824. The predicted molar refractivity (Wildman–Crippen MR) is 89.8 cm³/mol. The molecule has 1 aromatic heterocycles. The quantitative estimate of drug-likeness (QED) is 0.936. The molecular formula is C17H23N3O2S. The molecule has 0 fully saturated rings. The summed E-state index contributed by atoms with van der Waals surface area (Å²) in [6, 6.07) is 7.93. The number of rotatable bonds is 4. The first-order valence-corrected chi connectivity index (χ1v) is 9.56. The van der Waals surface area contributed by atoms with Crippen molar-refractivity contribution in [3.8, 4) is 0 Å². The molecule has 0 spiro atoms. The van der Waals surface area contributed by atoms with Crippen LogP contribution in [0.1, 0.15) is 48.3 Å². The minimum Gasteiger partial charge on any atom is -0.268 e. The molecule has 6 heteroatoms. The molecule has 0 saturated heterocycles. The third-order valence-electron chi connectivity index (χ3n) is 4.55. The van der Waals surface area contributed by atoms with Crippen LogP contribution in [0.15, 0.2) is 29.2 Å². The van der Waals surface area contributed by atoms with Gasteiger partial charge in [0.2, 0.25) is 10.0 Å². The Hall–Kier alpha value is -1.66. The van der Waals surface area contributed by atoms with Gasteiger partial charge in [-0.2, -0.15) is 5.10 Å². The van der Waals surface area contributed by atoms with Crippen molar-refractivity contribution in [1.29, 1.82) is 0 Å². The van der Waals surface area contributed by atoms with E-state index in [1.807, 2.05) is 32.0 Å². The average Bonchev–Trinajstić information content (AvgIpc) is 2.82. The molecule has 0 amide bonds. The van der Waals surface area contributed by atoms with E-state index < -0.39 is 10.0 Å². The molecule has 1 N–H and O–H groups in total. The topological polar surface area (TPSA) is 64.0 Å². The molecule has 1 atom stereocenters. The lowest BCUT2D eigenvalue weighted by Gasteiger charge is -2.26. The number of hydrogen-bond donors (Lipinski definition) is 1. The van der Waals surface area contributed by atoms with Gasteiger partial charge in [0.1, 0.15) is 4.90 Å². The zero-order valence-corrected chi connectivity index (χ0v) is 14.7. The van der Waals surface area contributed by atoms with Crippen LogP contribution < -0.4 is 4.72 Å². The van der Waals surface area contributed by atoms with E-state index in [1.54, 1.807) is 11.6 Å². The first kappa shape index (κ1) is 16.2. The Kier molecular flexibility index (Phi) is 4.29. The lowest BCUT2D eigenvalue weighted by atomic mass is 9.88. The standard InChI is InChI=1S/C17H23N3O2S/c1-4-20-13(3)17(12(2)18-20)23(21,22)19-16-11-7-9-14-8-5-6-10-15(14)16/h5-6,8,10,16,19H,4,7,9,11H2,1-3H3/t16-/m0/s1. The fourth-order valence-electron chi connectivity index (χ4n) is 3.50. The van der Waals surface area contributed by atoms with E-state index in [-0.39, 0.29) is 6.04 Å². The molecule has 0 radical (unpaired) electrons. The van der Waals surface area contributed by atoms with Gasteiger partial charge in [-0.3, -0.25) is 4.68 Å². The molecule has 2 aromatic rings. The number of benzene rings is 1. The molecule has 124 valence electrons. The van der Waals surface area contributed by atoms with Gasteiger partial charge in [0.25, 0.3) is 0 Å². The largest absolute Gasteiger partial charge is 0.268 e. The van der Waals surface area contributed by atoms with E-state index in [2.05, 4.69) is 15.9 Å². The second-order valence-electron chi connectivity index (χ2n) is 6.08. The van der Waals surface area contributed by atoms with E-state index in [0.29, 0.717) is 22.8 Å². The fourth-order valence-corrected chi connectivity index (χ4v) is 5.16. The first-order valence-electron chi connectivity index (χ1n) is 8.08. The number of hydrogen-bond acceptors (Lipinski definition) is 3. The first-order chi connectivity index (χ1) is 10.9. The van der Waals surface area contributed by atoms with E-state index in [1.165, 1.54) is 5.56 Å². The maximum Gasteiger partial charge on any atom is 0.244 e. The number of aromatic nitrogens is 2. The predicted octanol–water partition coefficient (Wildman–Crippen LogP) is 2.88. The second kappa shape index (κ2) is 6.09. The highest BCUT2D eigenvalue weighted by molar-refractivity contribution is 7.89. The maximum atomic E-state index is 12.9. The van der Waals surface area contributed by atoms with Gasteiger partial charge < -0.3 is 0 Å². The smallest absolute Gasteiger partial charge is 0.244 e. The molecule has 0 aliphatic heterocycles. The molecule has 3 rings (SSSR count). The third kappa shape index (κ3) is 2.93. The molecule has 1 aromatic carbocycles. The lowest BCUT2D eigenvalue weighted by Crippen LogP contribution is -2.31. The van der Waals surface area contributed by atoms with Crippen molar-refractivity contribution in [3.63, 3.8) is 0 Å². The summed E-state index contributed by atoms with van der Waals surface area (Å²) in [5.74, 6) is 0. The van der Waals surface area contributed by atoms with Crippen molar-refractivity contribution < 1.29 is 8.42 Å². The molecular weight excluding hydrogens is 310 g/mol. The Morgan fingerprint density at radius 3 is 2.74 bits per heavy atom. The van der Waals surface area contributed by atoms with Crippen LogP contribution in [-0.2, 0) is 23.0 Å². The van der Waals surface area contributed by atoms with Crippen LogP contribution in [0.25, 0.3) is 0 Å². The number of sulfonamides is 1. The monoisotopic (exact) mass is 333 g/mol. The molecule has 1 heterocycles. The van der Waals surface area contributed by atoms with Crippen LogP contribution in [0.4, 0.5) is 0 Å². The van der Waals surface area contributed by atoms with E-state index in [4.69, 9.17) is 0 Å². The van der Waals surface area contributed by atoms with Crippen LogP contribution in [0.3, 0.4) is 0 Å². The van der Waals surface area contributed by atoms with Crippen molar-refractivity contribution >= 4 is 10.0 Å². The van der Waals surface area contributed by atoms with Crippen molar-refractivity contribution in [3.05, 3.63) is 46.8 Å². The minimum absolute atomic E-state index is 0.159. The van der Waals surface area contributed by atoms with Crippen molar-refractivity contribution in [2.24, 2.45) is 0 Å². The summed E-state index contributed by atoms with van der Waals surface area (Å²) in [5, 5.41) is 4.33. The van der Waals surface area contributed by atoms with E-state index >= 15 is 0 Å². The van der Waals surface area contributed by atoms with Crippen LogP contribution >= 0.6 is 0 Å². The Morgan fingerprint density at radius 1 is 1.30 bits per heavy atom. The van der Waals surface area contributed by atoms with Crippen LogP contribution in [-0.4, -0.2) is 18.2 Å². The van der Waals surface area contributed by atoms with Gasteiger partial charge in [-0.1, -0.05) is 24.3 Å². The summed E-state index contributed by atoms with van der Waals surface area (Å²) in [5.41, 5.74) is 3.59. The van der Waals surface area contributed by atoms with Crippen LogP contribution in [0.5, 0.6) is 0 Å². The maximum absolute atomic E-state index is 12.9. The second-order valence-corrected chi connectivity index (χ2v) is 7.73. The Balaban J connectivity index is 1.96. The van der Waals surface area contributed by atoms with Gasteiger partial charge in [0.15, 0.2) is 0 Å². The van der Waals surface area contributed by atoms with Crippen LogP contribution in [0, 0.1) is 13.8 Å². The number of nitrogens with one attached hydrogen (secondary N) is 1. The van der Waals surface area contributed by atoms with Crippen molar-refractivity contribution in [1.82, 2.24) is 14.5 Å². The minimum atomic E-state index is -3.59. The molecule has 0 bridgehead atoms. The zero-order valence-electron chi connectivity index (χ0n) is 13.8. The Labute approximate surface area is 137 Å². The SMILES string of the molecule is CCn1nc(C)c(S(=O)(=O)N[C@H]2CCCc3ccccc32)c1C. The van der Waals surface area contributed by atoms with E-state index in [0.717, 1.165) is 24.8 Å². The lowest BCUT2D eigenvalue weighted by molar-refractivity contribution is 0.506. The number of fused-ring (bicyclic) bond motifs is 1. The van der Waals surface area contributed by atoms with Gasteiger partial charge in [-0.25, -0.2) is 13.1 Å². The van der Waals surface area contributed by atoms with Gasteiger partial charge in [-0.05, 0) is 51.2 Å². The van der Waals surface area contributed by atoms with Gasteiger partial charge in [0, 0.05) is 12.6 Å². The van der Waals surface area contributed by atoms with Crippen LogP contribution in [0.2, 0.25) is 0 Å². The van der Waals surface area contributed by atoms with Gasteiger partial charge in [0.05, 0.1) is 11.4 Å². The molecule has 1 aliphatic rings. The summed E-state index contributed by atoms with van der Waals surface area (Å²) < 4.78 is 30.5. The van der Waals surface area contributed by atoms with Gasteiger partial charge in [-0.15, -0.1) is 0 Å². The highest BCUT2D eigenvalue weighted by Gasteiger charge is 2.29. The van der Waals surface area contributed by atoms with Crippen molar-refractivity contribution in [2.45, 2.75) is 57.5 Å². The number of nitrogens with zero attached hydrogens (tertiary/aromatic N) is 2. The highest BCUT2D eigenvalue weighted by atomic mass is 32.2.